The number of hydrogen-bond acceptors (Lipinski definition) is 5. The zero-order chi connectivity index (χ0) is 23.0. The Bertz CT molecular complexity index is 963. The average Bonchev–Trinajstić information content (AvgIpc) is 3.35. The van der Waals surface area contributed by atoms with Gasteiger partial charge in [-0.1, -0.05) is 72.2 Å². The van der Waals surface area contributed by atoms with Crippen molar-refractivity contribution in [2.45, 2.75) is 26.2 Å². The molecule has 0 aliphatic rings. The Morgan fingerprint density at radius 1 is 1.12 bits per heavy atom. The van der Waals surface area contributed by atoms with Gasteiger partial charge < -0.3 is 14.2 Å². The maximum Gasteiger partial charge on any atom is 0.409 e. The summed E-state index contributed by atoms with van der Waals surface area (Å²) in [6.07, 6.45) is 3.24. The summed E-state index contributed by atoms with van der Waals surface area (Å²) < 4.78 is 18.9. The molecule has 1 aromatic heterocycles. The summed E-state index contributed by atoms with van der Waals surface area (Å²) in [5.74, 6) is 0.652. The highest BCUT2D eigenvalue weighted by Gasteiger charge is 2.41. The molecule has 1 amide bonds. The predicted molar refractivity (Wildman–Crippen MR) is 127 cm³/mol. The number of ether oxygens (including phenoxy) is 3. The number of aromatic nitrogens is 2. The summed E-state index contributed by atoms with van der Waals surface area (Å²) in [7, 11) is 1.50. The van der Waals surface area contributed by atoms with Crippen LogP contribution in [0.2, 0.25) is 0 Å². The molecule has 0 aliphatic carbocycles. The normalized spacial score (nSPS) is 13.2. The van der Waals surface area contributed by atoms with Gasteiger partial charge >= 0.3 is 6.09 Å². The molecule has 0 bridgehead atoms. The Kier molecular flexibility index (Phi) is 8.30. The fourth-order valence-electron chi connectivity index (χ4n) is 3.16. The van der Waals surface area contributed by atoms with E-state index >= 15 is 0 Å². The van der Waals surface area contributed by atoms with Gasteiger partial charge in [0.05, 0.1) is 6.33 Å². The van der Waals surface area contributed by atoms with E-state index in [2.05, 4.69) is 38.4 Å². The summed E-state index contributed by atoms with van der Waals surface area (Å²) in [5, 5.41) is 3.16. The van der Waals surface area contributed by atoms with Crippen LogP contribution in [0.15, 0.2) is 73.3 Å². The molecule has 0 saturated heterocycles. The number of methoxy groups -OCH3 is 1. The number of carbonyl (C=O) groups is 1. The number of imidazole rings is 1. The van der Waals surface area contributed by atoms with Gasteiger partial charge in [0.15, 0.2) is 6.10 Å². The van der Waals surface area contributed by atoms with E-state index in [1.54, 1.807) is 23.3 Å². The van der Waals surface area contributed by atoms with E-state index in [4.69, 9.17) is 14.2 Å². The highest BCUT2D eigenvalue weighted by Crippen LogP contribution is 2.35. The van der Waals surface area contributed by atoms with Gasteiger partial charge in [-0.05, 0) is 23.3 Å². The van der Waals surface area contributed by atoms with Gasteiger partial charge in [-0.2, -0.15) is 0 Å². The number of rotatable bonds is 10. The first-order valence-corrected chi connectivity index (χ1v) is 11.4. The van der Waals surface area contributed by atoms with Crippen LogP contribution in [0.25, 0.3) is 11.1 Å². The lowest BCUT2D eigenvalue weighted by Gasteiger charge is -2.37. The van der Waals surface area contributed by atoms with Crippen molar-refractivity contribution in [2.75, 3.05) is 19.2 Å². The Hall–Kier alpha value is -2.84. The molecule has 32 heavy (non-hydrogen) atoms. The quantitative estimate of drug-likeness (QED) is 0.303. The van der Waals surface area contributed by atoms with E-state index in [0.717, 1.165) is 11.1 Å². The molecule has 7 nitrogen and oxygen atoms in total. The molecular weight excluding hydrogens is 474 g/mol. The van der Waals surface area contributed by atoms with Gasteiger partial charge in [-0.3, -0.25) is 9.88 Å². The lowest BCUT2D eigenvalue weighted by atomic mass is 9.87. The minimum absolute atomic E-state index is 0.0534. The van der Waals surface area contributed by atoms with Crippen molar-refractivity contribution in [1.29, 1.82) is 0 Å². The second kappa shape index (κ2) is 11.2. The molecule has 3 rings (SSSR count). The monoisotopic (exact) mass is 501 g/mol. The maximum absolute atomic E-state index is 12.4. The first kappa shape index (κ1) is 23.8. The average molecular weight is 502 g/mol. The summed E-state index contributed by atoms with van der Waals surface area (Å²) in [6.45, 7) is 4.06. The third-order valence-corrected chi connectivity index (χ3v) is 6.45. The Morgan fingerprint density at radius 3 is 2.41 bits per heavy atom. The van der Waals surface area contributed by atoms with Crippen molar-refractivity contribution < 1.29 is 19.0 Å². The first-order chi connectivity index (χ1) is 15.4. The van der Waals surface area contributed by atoms with Gasteiger partial charge in [0.25, 0.3) is 0 Å². The number of amides is 1. The van der Waals surface area contributed by atoms with Crippen LogP contribution in [0.4, 0.5) is 4.79 Å². The summed E-state index contributed by atoms with van der Waals surface area (Å²) in [6, 6.07) is 18.0. The molecule has 2 aromatic carbocycles. The van der Waals surface area contributed by atoms with Gasteiger partial charge in [0.2, 0.25) is 6.23 Å². The van der Waals surface area contributed by atoms with E-state index in [1.807, 2.05) is 56.3 Å². The van der Waals surface area contributed by atoms with Crippen LogP contribution in [-0.4, -0.2) is 40.9 Å². The Labute approximate surface area is 196 Å². The van der Waals surface area contributed by atoms with Crippen LogP contribution in [0, 0.1) is 5.41 Å². The zero-order valence-corrected chi connectivity index (χ0v) is 20.0. The highest BCUT2D eigenvalue weighted by atomic mass is 79.9. The van der Waals surface area contributed by atoms with Crippen molar-refractivity contribution in [3.63, 3.8) is 0 Å². The van der Waals surface area contributed by atoms with Crippen LogP contribution in [-0.2, 0) is 9.47 Å². The van der Waals surface area contributed by atoms with Crippen LogP contribution in [0.3, 0.4) is 0 Å². The fraction of sp³-hybridized carbons (Fsp3) is 0.333. The summed E-state index contributed by atoms with van der Waals surface area (Å²) in [5.41, 5.74) is 1.76. The van der Waals surface area contributed by atoms with Gasteiger partial charge in [-0.25, -0.2) is 9.78 Å². The minimum Gasteiger partial charge on any atom is -0.466 e. The predicted octanol–water partition coefficient (Wildman–Crippen LogP) is 5.25. The van der Waals surface area contributed by atoms with Gasteiger partial charge in [-0.15, -0.1) is 0 Å². The van der Waals surface area contributed by atoms with Crippen LogP contribution >= 0.6 is 15.9 Å². The fourth-order valence-corrected chi connectivity index (χ4v) is 3.48. The molecule has 0 aliphatic heterocycles. The molecule has 8 heteroatoms. The second-order valence-corrected chi connectivity index (χ2v) is 8.53. The molecule has 1 heterocycles. The van der Waals surface area contributed by atoms with E-state index in [9.17, 15) is 4.79 Å². The summed E-state index contributed by atoms with van der Waals surface area (Å²) >= 11 is 3.55. The van der Waals surface area contributed by atoms with Gasteiger partial charge in [0.1, 0.15) is 12.5 Å². The smallest absolute Gasteiger partial charge is 0.409 e. The van der Waals surface area contributed by atoms with Crippen LogP contribution in [0.5, 0.6) is 5.75 Å². The number of hydrogen-bond donors (Lipinski definition) is 1. The van der Waals surface area contributed by atoms with E-state index in [-0.39, 0.29) is 6.73 Å². The summed E-state index contributed by atoms with van der Waals surface area (Å²) in [4.78, 5) is 16.5. The lowest BCUT2D eigenvalue weighted by molar-refractivity contribution is -0.0738. The molecule has 170 valence electrons. The zero-order valence-electron chi connectivity index (χ0n) is 18.4. The molecule has 0 fully saturated rings. The third-order valence-electron chi connectivity index (χ3n) is 5.01. The van der Waals surface area contributed by atoms with E-state index < -0.39 is 23.8 Å². The molecule has 1 N–H and O–H groups in total. The number of nitrogens with one attached hydrogen (secondary N) is 1. The standard InChI is InChI=1S/C24H28BrN3O4/c1-24(2,15-25)21(32-23(29)27-17-30-3)22(28-14-13-26-16-28)31-20-11-9-19(10-12-20)18-7-5-4-6-8-18/h4-14,16,21-22H,15,17H2,1-3H3,(H,27,29). The van der Waals surface area contributed by atoms with Crippen molar-refractivity contribution >= 4 is 22.0 Å². The Balaban J connectivity index is 1.88. The topological polar surface area (TPSA) is 74.6 Å². The highest BCUT2D eigenvalue weighted by molar-refractivity contribution is 9.09. The number of alkyl halides is 1. The van der Waals surface area contributed by atoms with Crippen LogP contribution < -0.4 is 10.1 Å². The van der Waals surface area contributed by atoms with E-state index in [0.29, 0.717) is 11.1 Å². The van der Waals surface area contributed by atoms with Crippen molar-refractivity contribution in [2.24, 2.45) is 5.41 Å². The number of nitrogens with zero attached hydrogens (tertiary/aromatic N) is 2. The Morgan fingerprint density at radius 2 is 1.81 bits per heavy atom. The van der Waals surface area contributed by atoms with Crippen LogP contribution in [0.1, 0.15) is 20.1 Å². The van der Waals surface area contributed by atoms with E-state index in [1.165, 1.54) is 7.11 Å². The van der Waals surface area contributed by atoms with Crippen molar-refractivity contribution in [3.05, 3.63) is 73.3 Å². The van der Waals surface area contributed by atoms with Gasteiger partial charge in [0, 0.05) is 30.2 Å². The van der Waals surface area contributed by atoms with Crippen molar-refractivity contribution in [3.8, 4) is 16.9 Å². The molecule has 0 radical (unpaired) electrons. The number of alkyl carbamates (subject to hydrolysis) is 1. The number of carbonyl (C=O) groups excluding carboxylic acids is 1. The first-order valence-electron chi connectivity index (χ1n) is 10.2. The molecule has 3 aromatic rings. The minimum atomic E-state index is -0.638. The number of benzene rings is 2. The lowest BCUT2D eigenvalue weighted by Crippen LogP contribution is -2.46. The van der Waals surface area contributed by atoms with Crippen molar-refractivity contribution in [1.82, 2.24) is 14.9 Å². The largest absolute Gasteiger partial charge is 0.466 e. The SMILES string of the molecule is COCNC(=O)OC(C(Oc1ccc(-c2ccccc2)cc1)n1ccnc1)C(C)(C)CBr. The molecule has 2 unspecified atom stereocenters. The molecule has 0 saturated carbocycles. The second-order valence-electron chi connectivity index (χ2n) is 7.97. The molecule has 0 spiro atoms. The number of halogens is 1. The molecule has 2 atom stereocenters. The maximum atomic E-state index is 12.4. The third kappa shape index (κ3) is 6.11. The molecular formula is C24H28BrN3O4.